The molecule has 3 nitrogen and oxygen atoms in total. The predicted octanol–water partition coefficient (Wildman–Crippen LogP) is 2.63. The number of benzene rings is 1. The van der Waals surface area contributed by atoms with Gasteiger partial charge in [-0.1, -0.05) is 0 Å². The van der Waals surface area contributed by atoms with E-state index in [1.807, 2.05) is 0 Å². The maximum absolute atomic E-state index is 13.8. The van der Waals surface area contributed by atoms with E-state index < -0.39 is 11.6 Å². The van der Waals surface area contributed by atoms with Crippen LogP contribution in [0.3, 0.4) is 0 Å². The Morgan fingerprint density at radius 1 is 1.32 bits per heavy atom. The summed E-state index contributed by atoms with van der Waals surface area (Å²) < 4.78 is 38.2. The summed E-state index contributed by atoms with van der Waals surface area (Å²) in [5, 5.41) is 2.85. The molecule has 1 fully saturated rings. The summed E-state index contributed by atoms with van der Waals surface area (Å²) >= 11 is 0. The van der Waals surface area contributed by atoms with Gasteiger partial charge >= 0.3 is 0 Å². The number of hydrogen-bond acceptors (Lipinski definition) is 3. The Morgan fingerprint density at radius 3 is 2.63 bits per heavy atom. The number of rotatable bonds is 5. The van der Waals surface area contributed by atoms with Gasteiger partial charge in [-0.25, -0.2) is 8.78 Å². The Bertz CT molecular complexity index is 397. The van der Waals surface area contributed by atoms with Crippen LogP contribution in [0.25, 0.3) is 0 Å². The van der Waals surface area contributed by atoms with Gasteiger partial charge in [0.25, 0.3) is 0 Å². The van der Waals surface area contributed by atoms with Crippen LogP contribution >= 0.6 is 0 Å². The van der Waals surface area contributed by atoms with Crippen LogP contribution in [-0.4, -0.2) is 26.4 Å². The van der Waals surface area contributed by atoms with Crippen molar-refractivity contribution in [1.82, 2.24) is 5.32 Å². The van der Waals surface area contributed by atoms with Crippen molar-refractivity contribution in [2.24, 2.45) is 0 Å². The summed E-state index contributed by atoms with van der Waals surface area (Å²) in [4.78, 5) is 0. The van der Waals surface area contributed by atoms with E-state index in [0.29, 0.717) is 18.7 Å². The molecule has 106 valence electrons. The molecule has 0 aliphatic carbocycles. The first-order valence-corrected chi connectivity index (χ1v) is 6.57. The van der Waals surface area contributed by atoms with Crippen molar-refractivity contribution < 1.29 is 18.3 Å². The average molecular weight is 271 g/mol. The molecule has 0 amide bonds. The van der Waals surface area contributed by atoms with E-state index in [1.54, 1.807) is 7.05 Å². The fourth-order valence-electron chi connectivity index (χ4n) is 2.17. The predicted molar refractivity (Wildman–Crippen MR) is 68.2 cm³/mol. The molecule has 0 saturated carbocycles. The Kier molecular flexibility index (Phi) is 5.10. The number of halogens is 2. The summed E-state index contributed by atoms with van der Waals surface area (Å²) in [5.41, 5.74) is 0.554. The molecule has 1 aromatic carbocycles. The van der Waals surface area contributed by atoms with Crippen LogP contribution in [0.5, 0.6) is 5.75 Å². The Morgan fingerprint density at radius 2 is 2.05 bits per heavy atom. The average Bonchev–Trinajstić information content (AvgIpc) is 2.39. The third-order valence-electron chi connectivity index (χ3n) is 3.13. The van der Waals surface area contributed by atoms with E-state index in [9.17, 15) is 8.78 Å². The molecule has 0 spiro atoms. The van der Waals surface area contributed by atoms with Crippen molar-refractivity contribution in [1.29, 1.82) is 0 Å². The fraction of sp³-hybridized carbons (Fsp3) is 0.571. The fourth-order valence-corrected chi connectivity index (χ4v) is 2.17. The lowest BCUT2D eigenvalue weighted by Gasteiger charge is -2.22. The van der Waals surface area contributed by atoms with Gasteiger partial charge in [0, 0.05) is 13.2 Å². The normalized spacial score (nSPS) is 19.4. The van der Waals surface area contributed by atoms with Crippen LogP contribution in [0.4, 0.5) is 8.78 Å². The highest BCUT2D eigenvalue weighted by molar-refractivity contribution is 5.31. The maximum Gasteiger partial charge on any atom is 0.190 e. The molecule has 1 saturated heterocycles. The smallest absolute Gasteiger partial charge is 0.190 e. The van der Waals surface area contributed by atoms with E-state index in [4.69, 9.17) is 9.47 Å². The van der Waals surface area contributed by atoms with Gasteiger partial charge in [0.1, 0.15) is 6.61 Å². The SMILES string of the molecule is CNCc1cc(F)c(OCC2CCCCO2)c(F)c1. The van der Waals surface area contributed by atoms with Crippen molar-refractivity contribution in [3.05, 3.63) is 29.3 Å². The first kappa shape index (κ1) is 14.2. The summed E-state index contributed by atoms with van der Waals surface area (Å²) in [7, 11) is 1.72. The molecule has 0 bridgehead atoms. The van der Waals surface area contributed by atoms with Crippen molar-refractivity contribution in [3.8, 4) is 5.75 Å². The zero-order valence-corrected chi connectivity index (χ0v) is 11.0. The highest BCUT2D eigenvalue weighted by Crippen LogP contribution is 2.24. The van der Waals surface area contributed by atoms with Crippen LogP contribution < -0.4 is 10.1 Å². The van der Waals surface area contributed by atoms with E-state index in [1.165, 1.54) is 12.1 Å². The number of ether oxygens (including phenoxy) is 2. The summed E-state index contributed by atoms with van der Waals surface area (Å²) in [6.45, 7) is 1.30. The zero-order valence-electron chi connectivity index (χ0n) is 11.0. The van der Waals surface area contributed by atoms with Crippen LogP contribution in [0.2, 0.25) is 0 Å². The molecule has 1 N–H and O–H groups in total. The zero-order chi connectivity index (χ0) is 13.7. The van der Waals surface area contributed by atoms with E-state index in [-0.39, 0.29) is 18.5 Å². The minimum Gasteiger partial charge on any atom is -0.485 e. The van der Waals surface area contributed by atoms with Gasteiger partial charge in [-0.2, -0.15) is 0 Å². The van der Waals surface area contributed by atoms with Gasteiger partial charge in [0.05, 0.1) is 6.10 Å². The highest BCUT2D eigenvalue weighted by atomic mass is 19.1. The third-order valence-corrected chi connectivity index (χ3v) is 3.13. The van der Waals surface area contributed by atoms with E-state index >= 15 is 0 Å². The monoisotopic (exact) mass is 271 g/mol. The molecule has 1 heterocycles. The highest BCUT2D eigenvalue weighted by Gasteiger charge is 2.18. The van der Waals surface area contributed by atoms with Gasteiger partial charge in [-0.15, -0.1) is 0 Å². The topological polar surface area (TPSA) is 30.5 Å². The quantitative estimate of drug-likeness (QED) is 0.893. The third kappa shape index (κ3) is 3.88. The standard InChI is InChI=1S/C14H19F2NO2/c1-17-8-10-6-12(15)14(13(16)7-10)19-9-11-4-2-3-5-18-11/h6-7,11,17H,2-5,8-9H2,1H3. The Labute approximate surface area is 111 Å². The molecule has 1 aliphatic heterocycles. The van der Waals surface area contributed by atoms with E-state index in [2.05, 4.69) is 5.32 Å². The largest absolute Gasteiger partial charge is 0.485 e. The number of nitrogens with one attached hydrogen (secondary N) is 1. The lowest BCUT2D eigenvalue weighted by atomic mass is 10.1. The van der Waals surface area contributed by atoms with Gasteiger partial charge < -0.3 is 14.8 Å². The molecule has 0 aromatic heterocycles. The van der Waals surface area contributed by atoms with E-state index in [0.717, 1.165) is 19.3 Å². The first-order valence-electron chi connectivity index (χ1n) is 6.57. The Balaban J connectivity index is 1.99. The van der Waals surface area contributed by atoms with Crippen molar-refractivity contribution >= 4 is 0 Å². The van der Waals surface area contributed by atoms with Crippen LogP contribution in [0.15, 0.2) is 12.1 Å². The van der Waals surface area contributed by atoms with Crippen LogP contribution in [-0.2, 0) is 11.3 Å². The maximum atomic E-state index is 13.8. The summed E-state index contributed by atoms with van der Waals surface area (Å²) in [6.07, 6.45) is 2.92. The minimum atomic E-state index is -0.666. The van der Waals surface area contributed by atoms with Gasteiger partial charge in [0.2, 0.25) is 0 Å². The molecule has 5 heteroatoms. The lowest BCUT2D eigenvalue weighted by molar-refractivity contribution is -0.0124. The number of hydrogen-bond donors (Lipinski definition) is 1. The second-order valence-electron chi connectivity index (χ2n) is 4.72. The molecule has 1 unspecified atom stereocenters. The molecule has 1 aliphatic rings. The molecule has 1 aromatic rings. The van der Waals surface area contributed by atoms with Gasteiger partial charge in [-0.3, -0.25) is 0 Å². The molecule has 0 radical (unpaired) electrons. The molecule has 2 rings (SSSR count). The van der Waals surface area contributed by atoms with Crippen LogP contribution in [0.1, 0.15) is 24.8 Å². The molecular formula is C14H19F2NO2. The first-order chi connectivity index (χ1) is 9.20. The summed E-state index contributed by atoms with van der Waals surface area (Å²) in [6, 6.07) is 2.58. The Hall–Kier alpha value is -1.20. The van der Waals surface area contributed by atoms with Crippen molar-refractivity contribution in [2.45, 2.75) is 31.9 Å². The van der Waals surface area contributed by atoms with Gasteiger partial charge in [0.15, 0.2) is 17.4 Å². The molecule has 19 heavy (non-hydrogen) atoms. The second-order valence-corrected chi connectivity index (χ2v) is 4.72. The lowest BCUT2D eigenvalue weighted by Crippen LogP contribution is -2.26. The van der Waals surface area contributed by atoms with Gasteiger partial charge in [-0.05, 0) is 44.0 Å². The van der Waals surface area contributed by atoms with Crippen LogP contribution in [0, 0.1) is 11.6 Å². The molecular weight excluding hydrogens is 252 g/mol. The summed E-state index contributed by atoms with van der Waals surface area (Å²) in [5.74, 6) is -1.64. The minimum absolute atomic E-state index is 0.0652. The second kappa shape index (κ2) is 6.82. The molecule has 1 atom stereocenters. The van der Waals surface area contributed by atoms with Crippen molar-refractivity contribution in [3.63, 3.8) is 0 Å². The van der Waals surface area contributed by atoms with Crippen molar-refractivity contribution in [2.75, 3.05) is 20.3 Å².